The molecule has 0 amide bonds. The molecule has 0 bridgehead atoms. The molecule has 0 radical (unpaired) electrons. The van der Waals surface area contributed by atoms with Gasteiger partial charge in [0, 0.05) is 25.8 Å². The maximum absolute atomic E-state index is 12.7. The Labute approximate surface area is 220 Å². The van der Waals surface area contributed by atoms with Gasteiger partial charge in [0.15, 0.2) is 0 Å². The smallest absolute Gasteiger partial charge is 0.306 e. The van der Waals surface area contributed by atoms with Crippen LogP contribution < -0.4 is 0 Å². The highest BCUT2D eigenvalue weighted by atomic mass is 16.8. The van der Waals surface area contributed by atoms with Crippen molar-refractivity contribution in [2.75, 3.05) is 0 Å². The summed E-state index contributed by atoms with van der Waals surface area (Å²) in [4.78, 5) is 36.9. The van der Waals surface area contributed by atoms with Crippen molar-refractivity contribution in [1.82, 2.24) is 0 Å². The number of carbonyl (C=O) groups is 3. The first kappa shape index (κ1) is 29.1. The summed E-state index contributed by atoms with van der Waals surface area (Å²) in [5.74, 6) is -1.59. The maximum Gasteiger partial charge on any atom is 0.306 e. The van der Waals surface area contributed by atoms with Gasteiger partial charge < -0.3 is 19.3 Å². The number of aliphatic hydroxyl groups is 1. The van der Waals surface area contributed by atoms with E-state index in [-0.39, 0.29) is 30.1 Å². The van der Waals surface area contributed by atoms with E-state index in [2.05, 4.69) is 26.5 Å². The molecule has 0 aromatic carbocycles. The van der Waals surface area contributed by atoms with Crippen molar-refractivity contribution in [3.05, 3.63) is 36.0 Å². The van der Waals surface area contributed by atoms with Crippen LogP contribution in [0.1, 0.15) is 74.1 Å². The summed E-state index contributed by atoms with van der Waals surface area (Å²) < 4.78 is 23.2. The molecule has 2 fully saturated rings. The van der Waals surface area contributed by atoms with Crippen molar-refractivity contribution in [3.63, 3.8) is 0 Å². The van der Waals surface area contributed by atoms with Gasteiger partial charge in [0.25, 0.3) is 0 Å². The van der Waals surface area contributed by atoms with Crippen molar-refractivity contribution in [3.8, 4) is 0 Å². The van der Waals surface area contributed by atoms with Crippen LogP contribution in [-0.2, 0) is 33.3 Å². The molecule has 1 aliphatic heterocycles. The molecule has 8 heteroatoms. The predicted octanol–water partition coefficient (Wildman–Crippen LogP) is 4.62. The van der Waals surface area contributed by atoms with Gasteiger partial charge in [-0.3, -0.25) is 19.1 Å². The van der Waals surface area contributed by atoms with Crippen LogP contribution in [0.5, 0.6) is 0 Å². The Morgan fingerprint density at radius 2 is 1.81 bits per heavy atom. The lowest BCUT2D eigenvalue weighted by Crippen LogP contribution is -2.63. The molecule has 1 N–H and O–H groups in total. The van der Waals surface area contributed by atoms with Crippen molar-refractivity contribution in [1.29, 1.82) is 0 Å². The zero-order chi connectivity index (χ0) is 27.7. The molecule has 0 aromatic heterocycles. The fourth-order valence-electron chi connectivity index (χ4n) is 6.42. The van der Waals surface area contributed by atoms with Crippen molar-refractivity contribution in [2.24, 2.45) is 28.6 Å². The molecule has 37 heavy (non-hydrogen) atoms. The van der Waals surface area contributed by atoms with E-state index in [0.717, 1.165) is 5.57 Å². The van der Waals surface area contributed by atoms with Crippen LogP contribution in [0.25, 0.3) is 0 Å². The highest BCUT2D eigenvalue weighted by Gasteiger charge is 2.71. The van der Waals surface area contributed by atoms with Crippen LogP contribution in [0, 0.1) is 28.6 Å². The van der Waals surface area contributed by atoms with Crippen LogP contribution >= 0.6 is 0 Å². The molecule has 8 nitrogen and oxygen atoms in total. The summed E-state index contributed by atoms with van der Waals surface area (Å²) in [5.41, 5.74) is -0.0534. The molecular formula is C29H42O8. The predicted molar refractivity (Wildman–Crippen MR) is 137 cm³/mol. The van der Waals surface area contributed by atoms with Gasteiger partial charge in [-0.05, 0) is 55.4 Å². The molecule has 1 spiro atoms. The Bertz CT molecular complexity index is 980. The molecular weight excluding hydrogens is 476 g/mol. The van der Waals surface area contributed by atoms with E-state index in [0.29, 0.717) is 24.8 Å². The number of hydrogen-bond acceptors (Lipinski definition) is 8. The SMILES string of the molecule is C=C/C(C)=C\C[C@]1(C)[C@H](C)C[C@H](O)[C@@]23C(=C[C@H](OC(=O)CC(C)C)C[C@@H]12)[C@@H](OC(C)=O)O[C@H]3OC(C)=O. The van der Waals surface area contributed by atoms with E-state index >= 15 is 0 Å². The van der Waals surface area contributed by atoms with Crippen LogP contribution in [0.3, 0.4) is 0 Å². The first-order chi connectivity index (χ1) is 17.2. The number of esters is 3. The number of hydrogen-bond donors (Lipinski definition) is 1. The normalized spacial score (nSPS) is 37.2. The largest absolute Gasteiger partial charge is 0.458 e. The van der Waals surface area contributed by atoms with Crippen molar-refractivity contribution < 1.29 is 38.4 Å². The van der Waals surface area contributed by atoms with Gasteiger partial charge in [0.2, 0.25) is 12.6 Å². The van der Waals surface area contributed by atoms with Gasteiger partial charge in [0.1, 0.15) is 6.10 Å². The standard InChI is InChI=1S/C29H42O8/c1-9-17(4)10-11-28(8)18(5)13-24(32)29-22(26(34-19(6)30)37-27(29)35-20(7)31)14-21(15-23(28)29)36-25(33)12-16(2)3/h9-10,14,16,18,21,23-24,26-27,32H,1,11-13,15H2,2-8H3/b17-10-/t18-,21+,23+,24+,26+,27-,28-,29-/m1/s1. The lowest BCUT2D eigenvalue weighted by atomic mass is 9.45. The Balaban J connectivity index is 2.20. The minimum absolute atomic E-state index is 0.0732. The van der Waals surface area contributed by atoms with E-state index in [1.807, 2.05) is 20.8 Å². The van der Waals surface area contributed by atoms with Crippen LogP contribution in [0.4, 0.5) is 0 Å². The van der Waals surface area contributed by atoms with Gasteiger partial charge in [-0.15, -0.1) is 0 Å². The third-order valence-electron chi connectivity index (χ3n) is 8.44. The van der Waals surface area contributed by atoms with Gasteiger partial charge in [0.05, 0.1) is 11.5 Å². The number of ether oxygens (including phenoxy) is 4. The van der Waals surface area contributed by atoms with Gasteiger partial charge in [-0.2, -0.15) is 0 Å². The van der Waals surface area contributed by atoms with Crippen molar-refractivity contribution in [2.45, 2.75) is 98.9 Å². The molecule has 2 aliphatic carbocycles. The zero-order valence-electron chi connectivity index (χ0n) is 23.1. The molecule has 1 saturated carbocycles. The number of aliphatic hydroxyl groups excluding tert-OH is 1. The van der Waals surface area contributed by atoms with E-state index in [9.17, 15) is 19.5 Å². The molecule has 8 atom stereocenters. The molecule has 3 rings (SSSR count). The Morgan fingerprint density at radius 3 is 2.38 bits per heavy atom. The topological polar surface area (TPSA) is 108 Å². The van der Waals surface area contributed by atoms with Crippen LogP contribution in [-0.4, -0.2) is 47.8 Å². The summed E-state index contributed by atoms with van der Waals surface area (Å²) >= 11 is 0. The van der Waals surface area contributed by atoms with E-state index in [1.54, 1.807) is 12.2 Å². The van der Waals surface area contributed by atoms with Gasteiger partial charge >= 0.3 is 17.9 Å². The van der Waals surface area contributed by atoms with Crippen LogP contribution in [0.2, 0.25) is 0 Å². The summed E-state index contributed by atoms with van der Waals surface area (Å²) in [6, 6.07) is 0. The zero-order valence-corrected chi connectivity index (χ0v) is 23.1. The minimum atomic E-state index is -1.17. The monoisotopic (exact) mass is 518 g/mol. The fourth-order valence-corrected chi connectivity index (χ4v) is 6.42. The second-order valence-electron chi connectivity index (χ2n) is 11.5. The lowest BCUT2D eigenvalue weighted by molar-refractivity contribution is -0.254. The molecule has 1 saturated heterocycles. The van der Waals surface area contributed by atoms with Gasteiger partial charge in [-0.25, -0.2) is 0 Å². The lowest BCUT2D eigenvalue weighted by Gasteiger charge is -2.60. The third kappa shape index (κ3) is 5.55. The average Bonchev–Trinajstić information content (AvgIpc) is 3.07. The van der Waals surface area contributed by atoms with Crippen molar-refractivity contribution >= 4 is 17.9 Å². The van der Waals surface area contributed by atoms with E-state index in [4.69, 9.17) is 18.9 Å². The Morgan fingerprint density at radius 1 is 1.16 bits per heavy atom. The second-order valence-corrected chi connectivity index (χ2v) is 11.5. The summed E-state index contributed by atoms with van der Waals surface area (Å²) in [5, 5.41) is 11.7. The minimum Gasteiger partial charge on any atom is -0.458 e. The summed E-state index contributed by atoms with van der Waals surface area (Å²) in [7, 11) is 0. The highest BCUT2D eigenvalue weighted by Crippen LogP contribution is 2.67. The second kappa shape index (κ2) is 11.1. The summed E-state index contributed by atoms with van der Waals surface area (Å²) in [6.45, 7) is 16.5. The highest BCUT2D eigenvalue weighted by molar-refractivity contribution is 5.70. The average molecular weight is 519 g/mol. The first-order valence-corrected chi connectivity index (χ1v) is 13.1. The molecule has 0 unspecified atom stereocenters. The summed E-state index contributed by atoms with van der Waals surface area (Å²) in [6.07, 6.45) is 3.52. The van der Waals surface area contributed by atoms with Gasteiger partial charge in [-0.1, -0.05) is 52.0 Å². The molecule has 3 aliphatic rings. The number of allylic oxidation sites excluding steroid dienone is 3. The number of carbonyl (C=O) groups excluding carboxylic acids is 3. The van der Waals surface area contributed by atoms with E-state index in [1.165, 1.54) is 13.8 Å². The molecule has 206 valence electrons. The Kier molecular flexibility index (Phi) is 8.75. The number of rotatable bonds is 8. The molecule has 0 aromatic rings. The maximum atomic E-state index is 12.7. The van der Waals surface area contributed by atoms with Crippen LogP contribution in [0.15, 0.2) is 36.0 Å². The van der Waals surface area contributed by atoms with E-state index < -0.39 is 47.6 Å². The fraction of sp³-hybridized carbons (Fsp3) is 0.690. The molecule has 1 heterocycles. The Hall–Kier alpha value is -2.45. The first-order valence-electron chi connectivity index (χ1n) is 13.1. The quantitative estimate of drug-likeness (QED) is 0.215. The third-order valence-corrected chi connectivity index (χ3v) is 8.44.